The molecule has 0 bridgehead atoms. The van der Waals surface area contributed by atoms with Gasteiger partial charge in [-0.2, -0.15) is 0 Å². The average molecular weight is 199 g/mol. The van der Waals surface area contributed by atoms with Gasteiger partial charge in [-0.3, -0.25) is 9.59 Å². The van der Waals surface area contributed by atoms with E-state index < -0.39 is 0 Å². The van der Waals surface area contributed by atoms with Crippen LogP contribution in [0, 0.1) is 0 Å². The van der Waals surface area contributed by atoms with Crippen LogP contribution in [-0.2, 0) is 9.59 Å². The fourth-order valence-electron chi connectivity index (χ4n) is 1.51. The van der Waals surface area contributed by atoms with Crippen molar-refractivity contribution in [2.45, 2.75) is 19.9 Å². The van der Waals surface area contributed by atoms with Crippen molar-refractivity contribution in [3.63, 3.8) is 0 Å². The molecule has 2 N–H and O–H groups in total. The van der Waals surface area contributed by atoms with Crippen LogP contribution in [0.25, 0.3) is 0 Å². The van der Waals surface area contributed by atoms with Gasteiger partial charge in [-0.05, 0) is 13.8 Å². The molecular formula is C9H17N3O2. The molecule has 5 nitrogen and oxygen atoms in total. The van der Waals surface area contributed by atoms with Gasteiger partial charge in [0.25, 0.3) is 0 Å². The summed E-state index contributed by atoms with van der Waals surface area (Å²) < 4.78 is 0. The van der Waals surface area contributed by atoms with E-state index in [4.69, 9.17) is 5.73 Å². The Balaban J connectivity index is 2.57. The summed E-state index contributed by atoms with van der Waals surface area (Å²) >= 11 is 0. The van der Waals surface area contributed by atoms with E-state index in [1.807, 2.05) is 13.8 Å². The Morgan fingerprint density at radius 1 is 1.29 bits per heavy atom. The lowest BCUT2D eigenvalue weighted by molar-refractivity contribution is -0.150. The molecule has 0 saturated carbocycles. The van der Waals surface area contributed by atoms with Crippen LogP contribution < -0.4 is 5.73 Å². The van der Waals surface area contributed by atoms with Gasteiger partial charge in [-0.15, -0.1) is 0 Å². The number of amides is 2. The van der Waals surface area contributed by atoms with Gasteiger partial charge in [0.1, 0.15) is 0 Å². The Bertz CT molecular complexity index is 240. The largest absolute Gasteiger partial charge is 0.332 e. The summed E-state index contributed by atoms with van der Waals surface area (Å²) in [6.45, 7) is 5.12. The molecule has 1 rings (SSSR count). The first-order valence-corrected chi connectivity index (χ1v) is 4.85. The number of nitrogens with zero attached hydrogens (tertiary/aromatic N) is 2. The predicted octanol–water partition coefficient (Wildman–Crippen LogP) is -0.976. The maximum absolute atomic E-state index is 11.5. The molecule has 1 aliphatic heterocycles. The second kappa shape index (κ2) is 4.41. The zero-order chi connectivity index (χ0) is 10.7. The molecular weight excluding hydrogens is 182 g/mol. The van der Waals surface area contributed by atoms with Crippen molar-refractivity contribution < 1.29 is 9.59 Å². The molecule has 5 heteroatoms. The van der Waals surface area contributed by atoms with Crippen molar-refractivity contribution in [1.29, 1.82) is 0 Å². The third kappa shape index (κ3) is 2.45. The second-order valence-corrected chi connectivity index (χ2v) is 3.66. The lowest BCUT2D eigenvalue weighted by atomic mass is 10.2. The van der Waals surface area contributed by atoms with E-state index in [-0.39, 0.29) is 30.9 Å². The Kier molecular flexibility index (Phi) is 3.46. The van der Waals surface area contributed by atoms with Gasteiger partial charge >= 0.3 is 0 Å². The molecule has 1 atom stereocenters. The Labute approximate surface area is 83.8 Å². The molecule has 0 aromatic rings. The predicted molar refractivity (Wildman–Crippen MR) is 52.5 cm³/mol. The molecule has 1 heterocycles. The Hall–Kier alpha value is -1.10. The minimum absolute atomic E-state index is 0.00718. The van der Waals surface area contributed by atoms with Gasteiger partial charge in [0.05, 0.1) is 13.1 Å². The second-order valence-electron chi connectivity index (χ2n) is 3.66. The first-order chi connectivity index (χ1) is 6.54. The van der Waals surface area contributed by atoms with Crippen LogP contribution in [0.5, 0.6) is 0 Å². The van der Waals surface area contributed by atoms with Crippen LogP contribution >= 0.6 is 0 Å². The standard InChI is InChI=1S/C9H17N3O2/c1-3-11-5-9(14)12(4-7(2)10)6-8(11)13/h7H,3-6,10H2,1-2H3/t7-/m1/s1. The fourth-order valence-corrected chi connectivity index (χ4v) is 1.51. The maximum atomic E-state index is 11.5. The first-order valence-electron chi connectivity index (χ1n) is 4.85. The summed E-state index contributed by atoms with van der Waals surface area (Å²) in [5.41, 5.74) is 5.58. The number of rotatable bonds is 3. The van der Waals surface area contributed by atoms with Crippen LogP contribution in [0.15, 0.2) is 0 Å². The summed E-state index contributed by atoms with van der Waals surface area (Å²) in [5.74, 6) is -0.00324. The molecule has 2 amide bonds. The van der Waals surface area contributed by atoms with Crippen molar-refractivity contribution >= 4 is 11.8 Å². The number of carbonyl (C=O) groups excluding carboxylic acids is 2. The van der Waals surface area contributed by atoms with Gasteiger partial charge in [-0.1, -0.05) is 0 Å². The number of hydrogen-bond acceptors (Lipinski definition) is 3. The number of nitrogens with two attached hydrogens (primary N) is 1. The van der Waals surface area contributed by atoms with Gasteiger partial charge in [0.15, 0.2) is 0 Å². The van der Waals surface area contributed by atoms with Crippen LogP contribution in [0.2, 0.25) is 0 Å². The summed E-state index contributed by atoms with van der Waals surface area (Å²) in [7, 11) is 0. The number of piperazine rings is 1. The van der Waals surface area contributed by atoms with Crippen molar-refractivity contribution in [3.8, 4) is 0 Å². The maximum Gasteiger partial charge on any atom is 0.242 e. The van der Waals surface area contributed by atoms with E-state index in [1.54, 1.807) is 4.90 Å². The summed E-state index contributed by atoms with van der Waals surface area (Å²) in [5, 5.41) is 0. The Morgan fingerprint density at radius 3 is 2.29 bits per heavy atom. The molecule has 0 aliphatic carbocycles. The molecule has 0 spiro atoms. The zero-order valence-electron chi connectivity index (χ0n) is 8.69. The minimum atomic E-state index is -0.0834. The molecule has 0 radical (unpaired) electrons. The van der Waals surface area contributed by atoms with Crippen LogP contribution in [0.4, 0.5) is 0 Å². The number of hydrogen-bond donors (Lipinski definition) is 1. The minimum Gasteiger partial charge on any atom is -0.332 e. The monoisotopic (exact) mass is 199 g/mol. The quantitative estimate of drug-likeness (QED) is 0.635. The molecule has 80 valence electrons. The van der Waals surface area contributed by atoms with Gasteiger partial charge < -0.3 is 15.5 Å². The third-order valence-corrected chi connectivity index (χ3v) is 2.25. The van der Waals surface area contributed by atoms with Crippen LogP contribution in [0.3, 0.4) is 0 Å². The van der Waals surface area contributed by atoms with Crippen molar-refractivity contribution in [2.24, 2.45) is 5.73 Å². The number of likely N-dealkylation sites (N-methyl/N-ethyl adjacent to an activating group) is 1. The molecule has 14 heavy (non-hydrogen) atoms. The highest BCUT2D eigenvalue weighted by molar-refractivity contribution is 5.92. The van der Waals surface area contributed by atoms with E-state index in [0.29, 0.717) is 13.1 Å². The van der Waals surface area contributed by atoms with Gasteiger partial charge in [-0.25, -0.2) is 0 Å². The molecule has 1 saturated heterocycles. The molecule has 1 fully saturated rings. The van der Waals surface area contributed by atoms with Crippen molar-refractivity contribution in [3.05, 3.63) is 0 Å². The van der Waals surface area contributed by atoms with Crippen molar-refractivity contribution in [1.82, 2.24) is 9.80 Å². The van der Waals surface area contributed by atoms with Crippen LogP contribution in [-0.4, -0.2) is 53.8 Å². The highest BCUT2D eigenvalue weighted by Gasteiger charge is 2.28. The molecule has 0 unspecified atom stereocenters. The third-order valence-electron chi connectivity index (χ3n) is 2.25. The summed E-state index contributed by atoms with van der Waals surface area (Å²) in [4.78, 5) is 26.1. The Morgan fingerprint density at radius 2 is 1.79 bits per heavy atom. The zero-order valence-corrected chi connectivity index (χ0v) is 8.69. The van der Waals surface area contributed by atoms with E-state index in [0.717, 1.165) is 0 Å². The number of carbonyl (C=O) groups is 2. The van der Waals surface area contributed by atoms with E-state index >= 15 is 0 Å². The highest BCUT2D eigenvalue weighted by atomic mass is 16.2. The fraction of sp³-hybridized carbons (Fsp3) is 0.778. The van der Waals surface area contributed by atoms with E-state index in [2.05, 4.69) is 0 Å². The molecule has 0 aromatic heterocycles. The van der Waals surface area contributed by atoms with Gasteiger partial charge in [0.2, 0.25) is 11.8 Å². The SMILES string of the molecule is CCN1CC(=O)N(C[C@@H](C)N)CC1=O. The van der Waals surface area contributed by atoms with E-state index in [1.165, 1.54) is 4.90 Å². The van der Waals surface area contributed by atoms with Crippen LogP contribution in [0.1, 0.15) is 13.8 Å². The van der Waals surface area contributed by atoms with Gasteiger partial charge in [0, 0.05) is 19.1 Å². The lowest BCUT2D eigenvalue weighted by Gasteiger charge is -2.34. The molecule has 1 aliphatic rings. The smallest absolute Gasteiger partial charge is 0.242 e. The normalized spacial score (nSPS) is 20.2. The average Bonchev–Trinajstić information content (AvgIpc) is 2.10. The summed E-state index contributed by atoms with van der Waals surface area (Å²) in [6, 6.07) is -0.0834. The lowest BCUT2D eigenvalue weighted by Crippen LogP contribution is -2.55. The van der Waals surface area contributed by atoms with E-state index in [9.17, 15) is 9.59 Å². The highest BCUT2D eigenvalue weighted by Crippen LogP contribution is 2.04. The van der Waals surface area contributed by atoms with Crippen molar-refractivity contribution in [2.75, 3.05) is 26.2 Å². The first kappa shape index (κ1) is 11.0. The molecule has 0 aromatic carbocycles. The topological polar surface area (TPSA) is 66.6 Å². The summed E-state index contributed by atoms with van der Waals surface area (Å²) in [6.07, 6.45) is 0.